The average Bonchev–Trinajstić information content (AvgIpc) is 3.03. The van der Waals surface area contributed by atoms with Crippen molar-refractivity contribution in [1.29, 1.82) is 0 Å². The molecular weight excluding hydrogens is 286 g/mol. The molecule has 116 valence electrons. The van der Waals surface area contributed by atoms with Gasteiger partial charge in [0.05, 0.1) is 6.54 Å². The normalized spacial score (nSPS) is 13.3. The number of rotatable bonds is 7. The third-order valence-electron chi connectivity index (χ3n) is 3.17. The zero-order valence-electron chi connectivity index (χ0n) is 12.0. The predicted octanol–water partition coefficient (Wildman–Crippen LogP) is 0.688. The lowest BCUT2D eigenvalue weighted by Gasteiger charge is -2.19. The zero-order valence-corrected chi connectivity index (χ0v) is 12.0. The van der Waals surface area contributed by atoms with Crippen LogP contribution in [0.1, 0.15) is 11.6 Å². The zero-order chi connectivity index (χ0) is 15.9. The molecule has 22 heavy (non-hydrogen) atoms. The molecule has 0 spiro atoms. The van der Waals surface area contributed by atoms with Crippen LogP contribution in [0.5, 0.6) is 0 Å². The summed E-state index contributed by atoms with van der Waals surface area (Å²) in [6, 6.07) is 10.2. The fourth-order valence-corrected chi connectivity index (χ4v) is 2.05. The fraction of sp³-hybridized carbons (Fsp3) is 0.267. The summed E-state index contributed by atoms with van der Waals surface area (Å²) < 4.78 is 6.32. The van der Waals surface area contributed by atoms with E-state index in [4.69, 9.17) is 9.84 Å². The van der Waals surface area contributed by atoms with E-state index in [0.717, 1.165) is 5.56 Å². The number of carbonyl (C=O) groups excluding carboxylic acids is 1. The Balaban J connectivity index is 2.16. The fourth-order valence-electron chi connectivity index (χ4n) is 2.05. The number of carbonyl (C=O) groups is 2. The largest absolute Gasteiger partial charge is 0.479 e. The minimum atomic E-state index is -1.13. The number of benzene rings is 1. The van der Waals surface area contributed by atoms with E-state index in [2.05, 4.69) is 10.4 Å². The summed E-state index contributed by atoms with van der Waals surface area (Å²) in [5.41, 5.74) is 0.757. The maximum atomic E-state index is 12.5. The highest BCUT2D eigenvalue weighted by Crippen LogP contribution is 2.17. The number of nitrogens with one attached hydrogen (secondary N) is 1. The molecule has 1 aromatic heterocycles. The first kappa shape index (κ1) is 15.7. The van der Waals surface area contributed by atoms with E-state index in [1.54, 1.807) is 18.5 Å². The van der Waals surface area contributed by atoms with Gasteiger partial charge in [0.1, 0.15) is 0 Å². The van der Waals surface area contributed by atoms with Crippen LogP contribution in [-0.2, 0) is 14.3 Å². The number of nitrogens with zero attached hydrogens (tertiary/aromatic N) is 2. The molecule has 0 aliphatic heterocycles. The highest BCUT2D eigenvalue weighted by atomic mass is 16.5. The molecule has 2 unspecified atom stereocenters. The Kier molecular flexibility index (Phi) is 5.26. The Morgan fingerprint density at radius 3 is 2.59 bits per heavy atom. The van der Waals surface area contributed by atoms with Crippen molar-refractivity contribution in [2.75, 3.05) is 13.7 Å². The van der Waals surface area contributed by atoms with Crippen LogP contribution in [-0.4, -0.2) is 46.5 Å². The van der Waals surface area contributed by atoms with Crippen molar-refractivity contribution >= 4 is 11.9 Å². The molecule has 0 radical (unpaired) electrons. The quantitative estimate of drug-likeness (QED) is 0.785. The van der Waals surface area contributed by atoms with Crippen molar-refractivity contribution in [2.45, 2.75) is 12.1 Å². The molecule has 0 fully saturated rings. The standard InChI is InChI=1S/C15H17N3O4/c1-22-12(15(20)21)10-16-14(19)13(18-9-5-8-17-18)11-6-3-2-4-7-11/h2-9,12-13H,10H2,1H3,(H,16,19)(H,20,21). The van der Waals surface area contributed by atoms with Gasteiger partial charge in [0.25, 0.3) is 0 Å². The van der Waals surface area contributed by atoms with Crippen LogP contribution in [0.4, 0.5) is 0 Å². The van der Waals surface area contributed by atoms with E-state index >= 15 is 0 Å². The maximum absolute atomic E-state index is 12.5. The molecule has 2 atom stereocenters. The van der Waals surface area contributed by atoms with Crippen LogP contribution in [0.25, 0.3) is 0 Å². The van der Waals surface area contributed by atoms with Crippen LogP contribution >= 0.6 is 0 Å². The van der Waals surface area contributed by atoms with Crippen LogP contribution < -0.4 is 5.32 Å². The number of aliphatic carboxylic acids is 1. The molecule has 2 aromatic rings. The van der Waals surface area contributed by atoms with Gasteiger partial charge in [-0.15, -0.1) is 0 Å². The van der Waals surface area contributed by atoms with Gasteiger partial charge in [-0.25, -0.2) is 4.79 Å². The van der Waals surface area contributed by atoms with Crippen molar-refractivity contribution in [3.8, 4) is 0 Å². The number of carboxylic acid groups (broad SMARTS) is 1. The number of hydrogen-bond acceptors (Lipinski definition) is 4. The van der Waals surface area contributed by atoms with Crippen LogP contribution in [0.15, 0.2) is 48.8 Å². The summed E-state index contributed by atoms with van der Waals surface area (Å²) in [5, 5.41) is 15.6. The third kappa shape index (κ3) is 3.70. The highest BCUT2D eigenvalue weighted by Gasteiger charge is 2.25. The van der Waals surface area contributed by atoms with Crippen molar-refractivity contribution < 1.29 is 19.4 Å². The average molecular weight is 303 g/mol. The van der Waals surface area contributed by atoms with Gasteiger partial charge in [-0.05, 0) is 11.6 Å². The Morgan fingerprint density at radius 1 is 1.32 bits per heavy atom. The van der Waals surface area contributed by atoms with Gasteiger partial charge in [0.15, 0.2) is 12.1 Å². The van der Waals surface area contributed by atoms with Gasteiger partial charge in [0.2, 0.25) is 5.91 Å². The number of carboxylic acids is 1. The first-order valence-corrected chi connectivity index (χ1v) is 6.71. The molecule has 0 aliphatic rings. The molecule has 7 nitrogen and oxygen atoms in total. The van der Waals surface area contributed by atoms with Crippen LogP contribution in [0.3, 0.4) is 0 Å². The molecule has 0 saturated heterocycles. The second kappa shape index (κ2) is 7.37. The monoisotopic (exact) mass is 303 g/mol. The molecule has 2 N–H and O–H groups in total. The molecule has 1 heterocycles. The number of aromatic nitrogens is 2. The van der Waals surface area contributed by atoms with Gasteiger partial charge >= 0.3 is 5.97 Å². The van der Waals surface area contributed by atoms with Crippen molar-refractivity contribution in [3.63, 3.8) is 0 Å². The maximum Gasteiger partial charge on any atom is 0.334 e. The Labute approximate surface area is 127 Å². The molecule has 2 rings (SSSR count). The van der Waals surface area contributed by atoms with E-state index in [1.165, 1.54) is 11.8 Å². The van der Waals surface area contributed by atoms with Gasteiger partial charge in [-0.3, -0.25) is 9.48 Å². The molecule has 0 aliphatic carbocycles. The molecule has 1 aromatic carbocycles. The topological polar surface area (TPSA) is 93.5 Å². The summed E-state index contributed by atoms with van der Waals surface area (Å²) in [7, 11) is 1.28. The lowest BCUT2D eigenvalue weighted by atomic mass is 10.1. The van der Waals surface area contributed by atoms with Crippen molar-refractivity contribution in [2.24, 2.45) is 0 Å². The minimum absolute atomic E-state index is 0.116. The van der Waals surface area contributed by atoms with Gasteiger partial charge < -0.3 is 15.2 Å². The summed E-state index contributed by atoms with van der Waals surface area (Å²) in [6.45, 7) is -0.116. The SMILES string of the molecule is COC(CNC(=O)C(c1ccccc1)n1cccn1)C(=O)O. The van der Waals surface area contributed by atoms with E-state index in [1.807, 2.05) is 30.3 Å². The second-order valence-electron chi connectivity index (χ2n) is 4.61. The van der Waals surface area contributed by atoms with Gasteiger partial charge in [0, 0.05) is 19.5 Å². The molecule has 7 heteroatoms. The molecule has 0 saturated carbocycles. The Bertz CT molecular complexity index is 613. The van der Waals surface area contributed by atoms with Crippen LogP contribution in [0.2, 0.25) is 0 Å². The first-order valence-electron chi connectivity index (χ1n) is 6.71. The molecule has 0 bridgehead atoms. The Morgan fingerprint density at radius 2 is 2.05 bits per heavy atom. The number of ether oxygens (including phenoxy) is 1. The summed E-state index contributed by atoms with van der Waals surface area (Å²) in [4.78, 5) is 23.4. The van der Waals surface area contributed by atoms with E-state index < -0.39 is 18.1 Å². The lowest BCUT2D eigenvalue weighted by molar-refractivity contribution is -0.148. The summed E-state index contributed by atoms with van der Waals surface area (Å²) in [5.74, 6) is -1.48. The highest BCUT2D eigenvalue weighted by molar-refractivity contribution is 5.84. The molecular formula is C15H17N3O4. The van der Waals surface area contributed by atoms with Crippen molar-refractivity contribution in [1.82, 2.24) is 15.1 Å². The second-order valence-corrected chi connectivity index (χ2v) is 4.61. The number of hydrogen-bond donors (Lipinski definition) is 2. The Hall–Kier alpha value is -2.67. The summed E-state index contributed by atoms with van der Waals surface area (Å²) in [6.07, 6.45) is 2.18. The van der Waals surface area contributed by atoms with E-state index in [9.17, 15) is 9.59 Å². The van der Waals surface area contributed by atoms with E-state index in [0.29, 0.717) is 0 Å². The third-order valence-corrected chi connectivity index (χ3v) is 3.17. The summed E-state index contributed by atoms with van der Waals surface area (Å²) >= 11 is 0. The molecule has 1 amide bonds. The van der Waals surface area contributed by atoms with Crippen LogP contribution in [0, 0.1) is 0 Å². The van der Waals surface area contributed by atoms with Gasteiger partial charge in [-0.1, -0.05) is 30.3 Å². The smallest absolute Gasteiger partial charge is 0.334 e. The van der Waals surface area contributed by atoms with Crippen molar-refractivity contribution in [3.05, 3.63) is 54.4 Å². The first-order chi connectivity index (χ1) is 10.6. The number of methoxy groups -OCH3 is 1. The number of amides is 1. The van der Waals surface area contributed by atoms with Gasteiger partial charge in [-0.2, -0.15) is 5.10 Å². The predicted molar refractivity (Wildman–Crippen MR) is 78.3 cm³/mol. The van der Waals surface area contributed by atoms with E-state index in [-0.39, 0.29) is 12.5 Å². The minimum Gasteiger partial charge on any atom is -0.479 e. The lowest BCUT2D eigenvalue weighted by Crippen LogP contribution is -2.41.